The van der Waals surface area contributed by atoms with Gasteiger partial charge in [-0.3, -0.25) is 14.8 Å². The van der Waals surface area contributed by atoms with Crippen molar-refractivity contribution in [3.8, 4) is 16.9 Å². The lowest BCUT2D eigenvalue weighted by Crippen LogP contribution is -2.24. The number of hydrogen-bond acceptors (Lipinski definition) is 6. The van der Waals surface area contributed by atoms with E-state index >= 15 is 0 Å². The number of halogens is 1. The highest BCUT2D eigenvalue weighted by Crippen LogP contribution is 2.25. The first-order valence-electron chi connectivity index (χ1n) is 10.8. The fourth-order valence-corrected chi connectivity index (χ4v) is 3.76. The van der Waals surface area contributed by atoms with Gasteiger partial charge < -0.3 is 15.4 Å². The van der Waals surface area contributed by atoms with Crippen LogP contribution in [0.4, 0.5) is 4.39 Å². The number of rotatable bonds is 7. The van der Waals surface area contributed by atoms with Crippen LogP contribution in [0.15, 0.2) is 53.7 Å². The van der Waals surface area contributed by atoms with Crippen LogP contribution in [0.3, 0.4) is 0 Å². The maximum Gasteiger partial charge on any atom is 0.251 e. The van der Waals surface area contributed by atoms with Crippen molar-refractivity contribution in [3.05, 3.63) is 77.1 Å². The molecule has 2 N–H and O–H groups in total. The van der Waals surface area contributed by atoms with Crippen molar-refractivity contribution >= 4 is 11.7 Å². The van der Waals surface area contributed by atoms with Gasteiger partial charge in [-0.1, -0.05) is 0 Å². The summed E-state index contributed by atoms with van der Waals surface area (Å²) < 4.78 is 18.8. The van der Waals surface area contributed by atoms with Gasteiger partial charge in [0.05, 0.1) is 25.2 Å². The summed E-state index contributed by atoms with van der Waals surface area (Å²) in [5.41, 5.74) is 4.27. The van der Waals surface area contributed by atoms with E-state index in [-0.39, 0.29) is 12.5 Å². The maximum absolute atomic E-state index is 13.5. The quantitative estimate of drug-likeness (QED) is 0.538. The third kappa shape index (κ3) is 5.71. The summed E-state index contributed by atoms with van der Waals surface area (Å²) in [7, 11) is 1.59. The molecule has 33 heavy (non-hydrogen) atoms. The molecule has 2 aromatic heterocycles. The topological polar surface area (TPSA) is 88.5 Å². The van der Waals surface area contributed by atoms with Gasteiger partial charge in [0.2, 0.25) is 5.95 Å². The number of methoxy groups -OCH3 is 1. The Morgan fingerprint density at radius 1 is 1.15 bits per heavy atom. The van der Waals surface area contributed by atoms with Crippen molar-refractivity contribution < 1.29 is 13.9 Å². The van der Waals surface area contributed by atoms with Crippen LogP contribution in [0, 0.1) is 12.9 Å². The van der Waals surface area contributed by atoms with Gasteiger partial charge in [0.15, 0.2) is 0 Å². The van der Waals surface area contributed by atoms with Gasteiger partial charge in [-0.15, -0.1) is 0 Å². The highest BCUT2D eigenvalue weighted by molar-refractivity contribution is 5.96. The van der Waals surface area contributed by atoms with Crippen molar-refractivity contribution in [2.75, 3.05) is 13.7 Å². The van der Waals surface area contributed by atoms with Crippen LogP contribution >= 0.6 is 0 Å². The summed E-state index contributed by atoms with van der Waals surface area (Å²) in [5.74, 6) is 0.902. The summed E-state index contributed by atoms with van der Waals surface area (Å²) in [5, 5.41) is 6.27. The van der Waals surface area contributed by atoms with Gasteiger partial charge >= 0.3 is 0 Å². The average Bonchev–Trinajstić information content (AvgIpc) is 3.35. The molecular weight excluding hydrogens is 421 g/mol. The molecule has 0 bridgehead atoms. The van der Waals surface area contributed by atoms with Crippen LogP contribution in [0.2, 0.25) is 0 Å². The van der Waals surface area contributed by atoms with Gasteiger partial charge in [0.25, 0.3) is 5.91 Å². The normalized spacial score (nSPS) is 12.9. The number of nitrogens with zero attached hydrogens (tertiary/aromatic N) is 3. The van der Waals surface area contributed by atoms with Gasteiger partial charge in [-0.25, -0.2) is 4.98 Å². The zero-order chi connectivity index (χ0) is 23.2. The molecule has 4 rings (SSSR count). The van der Waals surface area contributed by atoms with Crippen molar-refractivity contribution in [2.24, 2.45) is 4.99 Å². The molecule has 0 atom stereocenters. The predicted molar refractivity (Wildman–Crippen MR) is 125 cm³/mol. The Labute approximate surface area is 192 Å². The third-order valence-corrected chi connectivity index (χ3v) is 5.44. The Kier molecular flexibility index (Phi) is 6.92. The summed E-state index contributed by atoms with van der Waals surface area (Å²) in [4.78, 5) is 25.7. The van der Waals surface area contributed by atoms with E-state index in [4.69, 9.17) is 4.74 Å². The molecule has 0 saturated carbocycles. The summed E-state index contributed by atoms with van der Waals surface area (Å²) >= 11 is 0. The van der Waals surface area contributed by atoms with Crippen LogP contribution in [0.1, 0.15) is 40.2 Å². The molecule has 0 unspecified atom stereocenters. The molecule has 1 amide bonds. The zero-order valence-electron chi connectivity index (χ0n) is 18.7. The number of amides is 1. The van der Waals surface area contributed by atoms with Crippen molar-refractivity contribution in [1.29, 1.82) is 0 Å². The number of pyridine rings is 2. The van der Waals surface area contributed by atoms with Crippen molar-refractivity contribution in [2.45, 2.75) is 32.9 Å². The minimum atomic E-state index is -0.530. The molecule has 0 spiro atoms. The highest BCUT2D eigenvalue weighted by atomic mass is 19.1. The van der Waals surface area contributed by atoms with Crippen molar-refractivity contribution in [1.82, 2.24) is 20.6 Å². The zero-order valence-corrected chi connectivity index (χ0v) is 18.7. The molecule has 0 fully saturated rings. The number of nitrogens with one attached hydrogen (secondary N) is 2. The van der Waals surface area contributed by atoms with E-state index in [9.17, 15) is 9.18 Å². The number of benzene rings is 1. The fraction of sp³-hybridized carbons (Fsp3) is 0.280. The van der Waals surface area contributed by atoms with Crippen molar-refractivity contribution in [3.63, 3.8) is 0 Å². The number of aryl methyl sites for hydroxylation is 1. The SMILES string of the molecule is COc1ccnc(CNC(=O)c2cc(CNC3=NCCC3)cc(-c3ccc(F)nc3C)c2)c1. The summed E-state index contributed by atoms with van der Waals surface area (Å²) in [6, 6.07) is 12.2. The third-order valence-electron chi connectivity index (χ3n) is 5.44. The maximum atomic E-state index is 13.5. The monoisotopic (exact) mass is 447 g/mol. The second-order valence-corrected chi connectivity index (χ2v) is 7.84. The van der Waals surface area contributed by atoms with Crippen LogP contribution in [0.25, 0.3) is 11.1 Å². The van der Waals surface area contributed by atoms with E-state index in [1.807, 2.05) is 12.1 Å². The molecule has 1 aliphatic heterocycles. The van der Waals surface area contributed by atoms with Crippen LogP contribution in [-0.2, 0) is 13.1 Å². The van der Waals surface area contributed by atoms with Gasteiger partial charge in [-0.2, -0.15) is 4.39 Å². The Morgan fingerprint density at radius 3 is 2.79 bits per heavy atom. The van der Waals surface area contributed by atoms with Crippen LogP contribution in [0.5, 0.6) is 5.75 Å². The number of aromatic nitrogens is 2. The van der Waals surface area contributed by atoms with E-state index in [1.165, 1.54) is 6.07 Å². The number of hydrogen-bond donors (Lipinski definition) is 2. The molecule has 8 heteroatoms. The van der Waals surface area contributed by atoms with E-state index in [0.29, 0.717) is 29.2 Å². The molecule has 170 valence electrons. The largest absolute Gasteiger partial charge is 0.497 e. The van der Waals surface area contributed by atoms with Gasteiger partial charge in [0.1, 0.15) is 5.75 Å². The van der Waals surface area contributed by atoms with Crippen LogP contribution in [-0.4, -0.2) is 35.4 Å². The lowest BCUT2D eigenvalue weighted by Gasteiger charge is -2.13. The second kappa shape index (κ2) is 10.2. The molecule has 7 nitrogen and oxygen atoms in total. The van der Waals surface area contributed by atoms with E-state index in [0.717, 1.165) is 41.9 Å². The van der Waals surface area contributed by atoms with Gasteiger partial charge in [0, 0.05) is 48.6 Å². The number of aliphatic imine (C=N–C) groups is 1. The molecule has 1 aromatic carbocycles. The van der Waals surface area contributed by atoms with E-state index in [1.54, 1.807) is 44.5 Å². The Bertz CT molecular complexity index is 1200. The number of amidine groups is 1. The minimum absolute atomic E-state index is 0.228. The Morgan fingerprint density at radius 2 is 2.03 bits per heavy atom. The van der Waals surface area contributed by atoms with Gasteiger partial charge in [-0.05, 0) is 60.9 Å². The standard InChI is InChI=1S/C25H26FN5O2/c1-16-22(5-6-23(26)31-16)18-10-17(14-29-24-4-3-8-28-24)11-19(12-18)25(32)30-15-20-13-21(33-2)7-9-27-20/h5-7,9-13H,3-4,8,14-15H2,1-2H3,(H,28,29)(H,30,32). The number of carbonyl (C=O) groups excluding carboxylic acids is 1. The summed E-state index contributed by atoms with van der Waals surface area (Å²) in [6.07, 6.45) is 3.62. The Balaban J connectivity index is 1.59. The summed E-state index contributed by atoms with van der Waals surface area (Å²) in [6.45, 7) is 3.40. The first-order valence-corrected chi connectivity index (χ1v) is 10.8. The average molecular weight is 448 g/mol. The first kappa shape index (κ1) is 22.4. The second-order valence-electron chi connectivity index (χ2n) is 7.84. The molecule has 3 aromatic rings. The highest BCUT2D eigenvalue weighted by Gasteiger charge is 2.14. The smallest absolute Gasteiger partial charge is 0.251 e. The molecule has 3 heterocycles. The van der Waals surface area contributed by atoms with Crippen LogP contribution < -0.4 is 15.4 Å². The molecule has 1 aliphatic rings. The van der Waals surface area contributed by atoms with E-state index < -0.39 is 5.95 Å². The first-order chi connectivity index (χ1) is 16.0. The van der Waals surface area contributed by atoms with E-state index in [2.05, 4.69) is 25.6 Å². The number of carbonyl (C=O) groups is 1. The number of ether oxygens (including phenoxy) is 1. The fourth-order valence-electron chi connectivity index (χ4n) is 3.76. The lowest BCUT2D eigenvalue weighted by molar-refractivity contribution is 0.0950. The predicted octanol–water partition coefficient (Wildman–Crippen LogP) is 3.81. The lowest BCUT2D eigenvalue weighted by atomic mass is 9.98. The molecule has 0 aliphatic carbocycles. The molecule has 0 saturated heterocycles. The minimum Gasteiger partial charge on any atom is -0.497 e. The Hall–Kier alpha value is -3.81. The molecule has 0 radical (unpaired) electrons. The molecular formula is C25H26FN5O2.